The molecule has 7 nitrogen and oxygen atoms in total. The van der Waals surface area contributed by atoms with Crippen molar-refractivity contribution in [3.63, 3.8) is 0 Å². The van der Waals surface area contributed by atoms with Gasteiger partial charge in [0.1, 0.15) is 11.6 Å². The number of anilines is 1. The third-order valence-corrected chi connectivity index (χ3v) is 3.56. The summed E-state index contributed by atoms with van der Waals surface area (Å²) in [5.74, 6) is -0.397. The standard InChI is InChI=1S/C13H14N4O3/c14-8-10-7-11(1-2-12(10)17(19)20)16-5-3-9(4-6-16)13(15)18/h1-2,7,9H,3-6H2,(H2,15,18). The summed E-state index contributed by atoms with van der Waals surface area (Å²) in [6, 6.07) is 6.33. The molecule has 1 fully saturated rings. The molecule has 1 aliphatic rings. The maximum absolute atomic E-state index is 11.1. The smallest absolute Gasteiger partial charge is 0.287 e. The van der Waals surface area contributed by atoms with Gasteiger partial charge in [0.2, 0.25) is 5.91 Å². The molecule has 2 rings (SSSR count). The summed E-state index contributed by atoms with van der Waals surface area (Å²) >= 11 is 0. The van der Waals surface area contributed by atoms with E-state index in [0.29, 0.717) is 25.9 Å². The molecule has 1 aliphatic heterocycles. The SMILES string of the molecule is N#Cc1cc(N2CCC(C(N)=O)CC2)ccc1[N+](=O)[O-]. The number of nitro benzene ring substituents is 1. The lowest BCUT2D eigenvalue weighted by molar-refractivity contribution is -0.385. The van der Waals surface area contributed by atoms with Crippen LogP contribution in [-0.4, -0.2) is 23.9 Å². The molecule has 20 heavy (non-hydrogen) atoms. The number of amides is 1. The van der Waals surface area contributed by atoms with Gasteiger partial charge in [0.25, 0.3) is 5.69 Å². The molecule has 1 aromatic carbocycles. The zero-order valence-corrected chi connectivity index (χ0v) is 10.8. The second-order valence-electron chi connectivity index (χ2n) is 4.73. The molecular formula is C13H14N4O3. The number of hydrogen-bond donors (Lipinski definition) is 1. The lowest BCUT2D eigenvalue weighted by Crippen LogP contribution is -2.38. The molecule has 0 atom stereocenters. The van der Waals surface area contributed by atoms with Gasteiger partial charge in [0.05, 0.1) is 4.92 Å². The number of nitrogens with zero attached hydrogens (tertiary/aromatic N) is 3. The van der Waals surface area contributed by atoms with E-state index in [0.717, 1.165) is 5.69 Å². The van der Waals surface area contributed by atoms with Gasteiger partial charge >= 0.3 is 0 Å². The average molecular weight is 274 g/mol. The maximum atomic E-state index is 11.1. The van der Waals surface area contributed by atoms with E-state index in [1.54, 1.807) is 6.07 Å². The summed E-state index contributed by atoms with van der Waals surface area (Å²) in [5.41, 5.74) is 5.89. The van der Waals surface area contributed by atoms with Crippen LogP contribution < -0.4 is 10.6 Å². The predicted octanol–water partition coefficient (Wildman–Crippen LogP) is 1.17. The van der Waals surface area contributed by atoms with Crippen molar-refractivity contribution in [2.24, 2.45) is 11.7 Å². The number of nitrogens with two attached hydrogens (primary N) is 1. The fourth-order valence-corrected chi connectivity index (χ4v) is 2.39. The molecule has 2 N–H and O–H groups in total. The number of nitriles is 1. The van der Waals surface area contributed by atoms with Crippen LogP contribution in [0.4, 0.5) is 11.4 Å². The van der Waals surface area contributed by atoms with E-state index in [1.807, 2.05) is 11.0 Å². The minimum absolute atomic E-state index is 0.0459. The molecule has 104 valence electrons. The molecule has 0 aromatic heterocycles. The van der Waals surface area contributed by atoms with Crippen LogP contribution in [0.3, 0.4) is 0 Å². The number of primary amides is 1. The van der Waals surface area contributed by atoms with Gasteiger partial charge in [-0.25, -0.2) is 0 Å². The van der Waals surface area contributed by atoms with Gasteiger partial charge in [-0.2, -0.15) is 5.26 Å². The fourth-order valence-electron chi connectivity index (χ4n) is 2.39. The predicted molar refractivity (Wildman–Crippen MR) is 71.9 cm³/mol. The number of rotatable bonds is 3. The number of benzene rings is 1. The van der Waals surface area contributed by atoms with Crippen LogP contribution in [0.5, 0.6) is 0 Å². The van der Waals surface area contributed by atoms with Crippen molar-refractivity contribution in [3.8, 4) is 6.07 Å². The normalized spacial score (nSPS) is 15.7. The van der Waals surface area contributed by atoms with E-state index in [-0.39, 0.29) is 23.1 Å². The summed E-state index contributed by atoms with van der Waals surface area (Å²) in [5, 5.41) is 19.7. The monoisotopic (exact) mass is 274 g/mol. The third-order valence-electron chi connectivity index (χ3n) is 3.56. The molecule has 1 aromatic rings. The second kappa shape index (κ2) is 5.57. The van der Waals surface area contributed by atoms with Gasteiger partial charge in [-0.3, -0.25) is 14.9 Å². The van der Waals surface area contributed by atoms with Crippen molar-refractivity contribution in [1.82, 2.24) is 0 Å². The molecule has 0 bridgehead atoms. The first-order chi connectivity index (χ1) is 9.52. The number of carbonyl (C=O) groups is 1. The lowest BCUT2D eigenvalue weighted by Gasteiger charge is -2.32. The Hall–Kier alpha value is -2.62. The van der Waals surface area contributed by atoms with Gasteiger partial charge in [-0.05, 0) is 25.0 Å². The number of nitro groups is 1. The first-order valence-electron chi connectivity index (χ1n) is 6.25. The third kappa shape index (κ3) is 2.69. The van der Waals surface area contributed by atoms with E-state index in [2.05, 4.69) is 0 Å². The minimum Gasteiger partial charge on any atom is -0.371 e. The van der Waals surface area contributed by atoms with Gasteiger partial charge in [-0.1, -0.05) is 0 Å². The van der Waals surface area contributed by atoms with Crippen LogP contribution in [0, 0.1) is 27.4 Å². The Morgan fingerprint density at radius 3 is 2.60 bits per heavy atom. The Kier molecular flexibility index (Phi) is 3.84. The Morgan fingerprint density at radius 1 is 1.45 bits per heavy atom. The second-order valence-corrected chi connectivity index (χ2v) is 4.73. The van der Waals surface area contributed by atoms with Crippen molar-refractivity contribution in [1.29, 1.82) is 5.26 Å². The zero-order valence-electron chi connectivity index (χ0n) is 10.8. The van der Waals surface area contributed by atoms with Crippen LogP contribution in [0.15, 0.2) is 18.2 Å². The van der Waals surface area contributed by atoms with Gasteiger partial charge in [-0.15, -0.1) is 0 Å². The van der Waals surface area contributed by atoms with Gasteiger partial charge < -0.3 is 10.6 Å². The molecule has 1 heterocycles. The summed E-state index contributed by atoms with van der Waals surface area (Å²) in [4.78, 5) is 23.3. The van der Waals surface area contributed by atoms with E-state index >= 15 is 0 Å². The van der Waals surface area contributed by atoms with Crippen LogP contribution in [0.2, 0.25) is 0 Å². The molecule has 0 aliphatic carbocycles. The van der Waals surface area contributed by atoms with E-state index in [1.165, 1.54) is 12.1 Å². The van der Waals surface area contributed by atoms with E-state index in [4.69, 9.17) is 11.0 Å². The Balaban J connectivity index is 2.17. The maximum Gasteiger partial charge on any atom is 0.287 e. The Morgan fingerprint density at radius 2 is 2.10 bits per heavy atom. The van der Waals surface area contributed by atoms with Crippen LogP contribution in [-0.2, 0) is 4.79 Å². The van der Waals surface area contributed by atoms with Crippen molar-refractivity contribution in [2.45, 2.75) is 12.8 Å². The molecule has 1 amide bonds. The summed E-state index contributed by atoms with van der Waals surface area (Å²) < 4.78 is 0. The highest BCUT2D eigenvalue weighted by molar-refractivity contribution is 5.77. The van der Waals surface area contributed by atoms with Crippen LogP contribution in [0.25, 0.3) is 0 Å². The molecule has 0 saturated carbocycles. The van der Waals surface area contributed by atoms with Gasteiger partial charge in [0.15, 0.2) is 0 Å². The van der Waals surface area contributed by atoms with Crippen molar-refractivity contribution in [2.75, 3.05) is 18.0 Å². The van der Waals surface area contributed by atoms with Gasteiger partial charge in [0, 0.05) is 30.8 Å². The summed E-state index contributed by atoms with van der Waals surface area (Å²) in [6.45, 7) is 1.30. The van der Waals surface area contributed by atoms with Crippen LogP contribution in [0.1, 0.15) is 18.4 Å². The molecule has 7 heteroatoms. The minimum atomic E-state index is -0.568. The molecule has 0 radical (unpaired) electrons. The molecule has 1 saturated heterocycles. The largest absolute Gasteiger partial charge is 0.371 e. The van der Waals surface area contributed by atoms with E-state index in [9.17, 15) is 14.9 Å². The highest BCUT2D eigenvalue weighted by Crippen LogP contribution is 2.27. The summed E-state index contributed by atoms with van der Waals surface area (Å²) in [6.07, 6.45) is 1.32. The topological polar surface area (TPSA) is 113 Å². The first-order valence-corrected chi connectivity index (χ1v) is 6.25. The van der Waals surface area contributed by atoms with Crippen molar-refractivity contribution in [3.05, 3.63) is 33.9 Å². The zero-order chi connectivity index (χ0) is 14.7. The summed E-state index contributed by atoms with van der Waals surface area (Å²) in [7, 11) is 0. The van der Waals surface area contributed by atoms with Crippen molar-refractivity contribution >= 4 is 17.3 Å². The fraction of sp³-hybridized carbons (Fsp3) is 0.385. The van der Waals surface area contributed by atoms with E-state index < -0.39 is 4.92 Å². The lowest BCUT2D eigenvalue weighted by atomic mass is 9.96. The molecular weight excluding hydrogens is 260 g/mol. The average Bonchev–Trinajstić information content (AvgIpc) is 2.46. The molecule has 0 unspecified atom stereocenters. The Bertz CT molecular complexity index is 586. The van der Waals surface area contributed by atoms with Crippen LogP contribution >= 0.6 is 0 Å². The molecule has 0 spiro atoms. The number of carbonyl (C=O) groups excluding carboxylic acids is 1. The quantitative estimate of drug-likeness (QED) is 0.656. The van der Waals surface area contributed by atoms with Crippen molar-refractivity contribution < 1.29 is 9.72 Å². The number of hydrogen-bond acceptors (Lipinski definition) is 5. The first kappa shape index (κ1) is 13.8. The highest BCUT2D eigenvalue weighted by Gasteiger charge is 2.24. The highest BCUT2D eigenvalue weighted by atomic mass is 16.6. The number of piperidine rings is 1. The Labute approximate surface area is 115 Å².